The van der Waals surface area contributed by atoms with E-state index in [1.165, 1.54) is 10.8 Å². The summed E-state index contributed by atoms with van der Waals surface area (Å²) in [7, 11) is 0. The molecule has 0 aromatic heterocycles. The maximum Gasteiger partial charge on any atom is 0.119 e. The molecule has 0 unspecified atom stereocenters. The molecule has 0 aliphatic rings. The molecule has 0 bridgehead atoms. The number of benzene rings is 2. The van der Waals surface area contributed by atoms with E-state index in [-0.39, 0.29) is 0 Å². The van der Waals surface area contributed by atoms with E-state index in [4.69, 9.17) is 4.74 Å². The highest BCUT2D eigenvalue weighted by atomic mass is 16.5. The molecule has 0 fully saturated rings. The molecule has 0 saturated heterocycles. The van der Waals surface area contributed by atoms with Crippen LogP contribution in [0, 0.1) is 12.0 Å². The van der Waals surface area contributed by atoms with Crippen LogP contribution < -0.4 is 4.74 Å². The second-order valence-electron chi connectivity index (χ2n) is 4.47. The van der Waals surface area contributed by atoms with Gasteiger partial charge in [-0.05, 0) is 47.4 Å². The Morgan fingerprint density at radius 1 is 1.19 bits per heavy atom. The van der Waals surface area contributed by atoms with E-state index in [0.717, 1.165) is 18.8 Å². The summed E-state index contributed by atoms with van der Waals surface area (Å²) >= 11 is 0. The van der Waals surface area contributed by atoms with Gasteiger partial charge in [-0.2, -0.15) is 0 Å². The molecular weight excluding hydrogens is 196 g/mol. The van der Waals surface area contributed by atoms with E-state index >= 15 is 0 Å². The Hall–Kier alpha value is -1.50. The minimum atomic E-state index is 0.689. The van der Waals surface area contributed by atoms with Crippen molar-refractivity contribution in [1.82, 2.24) is 0 Å². The van der Waals surface area contributed by atoms with Crippen molar-refractivity contribution < 1.29 is 4.74 Å². The van der Waals surface area contributed by atoms with Gasteiger partial charge in [0.15, 0.2) is 0 Å². The van der Waals surface area contributed by atoms with Gasteiger partial charge in [-0.3, -0.25) is 0 Å². The van der Waals surface area contributed by atoms with Crippen LogP contribution in [0.3, 0.4) is 0 Å². The first-order valence-electron chi connectivity index (χ1n) is 5.78. The van der Waals surface area contributed by atoms with E-state index in [2.05, 4.69) is 38.1 Å². The van der Waals surface area contributed by atoms with E-state index in [1.54, 1.807) is 0 Å². The molecule has 83 valence electrons. The second kappa shape index (κ2) is 5.02. The number of hydrogen-bond acceptors (Lipinski definition) is 1. The summed E-state index contributed by atoms with van der Waals surface area (Å²) in [5.41, 5.74) is 0. The SMILES string of the molecule is CC(C)CCOc1ccc2cc[c]cc2c1. The van der Waals surface area contributed by atoms with Crippen molar-refractivity contribution in [3.8, 4) is 5.75 Å². The third-order valence-corrected chi connectivity index (χ3v) is 2.62. The first kappa shape index (κ1) is 11.0. The summed E-state index contributed by atoms with van der Waals surface area (Å²) in [5, 5.41) is 2.42. The molecule has 0 amide bonds. The van der Waals surface area contributed by atoms with Crippen molar-refractivity contribution in [3.05, 3.63) is 42.5 Å². The predicted molar refractivity (Wildman–Crippen MR) is 67.7 cm³/mol. The van der Waals surface area contributed by atoms with Gasteiger partial charge in [0.2, 0.25) is 0 Å². The van der Waals surface area contributed by atoms with Gasteiger partial charge in [0, 0.05) is 0 Å². The lowest BCUT2D eigenvalue weighted by atomic mass is 10.1. The molecule has 2 aromatic rings. The quantitative estimate of drug-likeness (QED) is 0.744. The summed E-state index contributed by atoms with van der Waals surface area (Å²) < 4.78 is 5.71. The molecule has 16 heavy (non-hydrogen) atoms. The van der Waals surface area contributed by atoms with Crippen molar-refractivity contribution in [2.24, 2.45) is 5.92 Å². The summed E-state index contributed by atoms with van der Waals surface area (Å²) in [6.45, 7) is 5.21. The Balaban J connectivity index is 2.08. The van der Waals surface area contributed by atoms with E-state index in [0.29, 0.717) is 5.92 Å². The fraction of sp³-hybridized carbons (Fsp3) is 0.333. The smallest absolute Gasteiger partial charge is 0.119 e. The number of rotatable bonds is 4. The van der Waals surface area contributed by atoms with E-state index in [1.807, 2.05) is 18.2 Å². The standard InChI is InChI=1S/C15H17O/c1-12(2)9-10-16-15-8-7-13-5-3-4-6-14(13)11-15/h3,5-8,11-12H,9-10H2,1-2H3. The van der Waals surface area contributed by atoms with Gasteiger partial charge >= 0.3 is 0 Å². The third kappa shape index (κ3) is 2.75. The van der Waals surface area contributed by atoms with Crippen LogP contribution in [-0.4, -0.2) is 6.61 Å². The van der Waals surface area contributed by atoms with Crippen LogP contribution in [-0.2, 0) is 0 Å². The maximum absolute atomic E-state index is 5.71. The molecule has 0 N–H and O–H groups in total. The average Bonchev–Trinajstić information content (AvgIpc) is 2.28. The van der Waals surface area contributed by atoms with Gasteiger partial charge in [0.05, 0.1) is 6.61 Å². The molecule has 2 aromatic carbocycles. The number of fused-ring (bicyclic) bond motifs is 1. The van der Waals surface area contributed by atoms with Gasteiger partial charge in [-0.15, -0.1) is 0 Å². The Bertz CT molecular complexity index is 460. The fourth-order valence-electron chi connectivity index (χ4n) is 1.61. The second-order valence-corrected chi connectivity index (χ2v) is 4.47. The van der Waals surface area contributed by atoms with Crippen molar-refractivity contribution in [2.75, 3.05) is 6.61 Å². The van der Waals surface area contributed by atoms with Gasteiger partial charge in [0.25, 0.3) is 0 Å². The van der Waals surface area contributed by atoms with Crippen LogP contribution >= 0.6 is 0 Å². The summed E-state index contributed by atoms with van der Waals surface area (Å²) in [6.07, 6.45) is 1.10. The minimum Gasteiger partial charge on any atom is -0.494 e. The Kier molecular flexibility index (Phi) is 3.45. The lowest BCUT2D eigenvalue weighted by Gasteiger charge is -2.08. The largest absolute Gasteiger partial charge is 0.494 e. The molecule has 1 radical (unpaired) electrons. The van der Waals surface area contributed by atoms with E-state index in [9.17, 15) is 0 Å². The molecule has 1 heteroatoms. The predicted octanol–water partition coefficient (Wildman–Crippen LogP) is 4.06. The molecule has 0 atom stereocenters. The van der Waals surface area contributed by atoms with Crippen molar-refractivity contribution in [1.29, 1.82) is 0 Å². The minimum absolute atomic E-state index is 0.689. The van der Waals surface area contributed by atoms with E-state index < -0.39 is 0 Å². The zero-order valence-electron chi connectivity index (χ0n) is 9.86. The van der Waals surface area contributed by atoms with Crippen molar-refractivity contribution in [2.45, 2.75) is 20.3 Å². The fourth-order valence-corrected chi connectivity index (χ4v) is 1.61. The van der Waals surface area contributed by atoms with Crippen LogP contribution in [0.15, 0.2) is 36.4 Å². The molecule has 2 rings (SSSR count). The highest BCUT2D eigenvalue weighted by Gasteiger charge is 1.98. The summed E-state index contributed by atoms with van der Waals surface area (Å²) in [6, 6.07) is 15.3. The molecule has 0 aliphatic carbocycles. The van der Waals surface area contributed by atoms with Crippen LogP contribution in [0.4, 0.5) is 0 Å². The van der Waals surface area contributed by atoms with Crippen molar-refractivity contribution in [3.63, 3.8) is 0 Å². The first-order chi connectivity index (χ1) is 7.75. The molecule has 1 nitrogen and oxygen atoms in total. The highest BCUT2D eigenvalue weighted by molar-refractivity contribution is 5.83. The Morgan fingerprint density at radius 2 is 2.06 bits per heavy atom. The molecule has 0 heterocycles. The number of hydrogen-bond donors (Lipinski definition) is 0. The summed E-state index contributed by atoms with van der Waals surface area (Å²) in [5.74, 6) is 1.64. The average molecular weight is 213 g/mol. The van der Waals surface area contributed by atoms with Gasteiger partial charge in [-0.1, -0.05) is 32.0 Å². The normalized spacial score (nSPS) is 10.9. The number of ether oxygens (including phenoxy) is 1. The van der Waals surface area contributed by atoms with Crippen LogP contribution in [0.5, 0.6) is 5.75 Å². The molecule has 0 aliphatic heterocycles. The van der Waals surface area contributed by atoms with Crippen LogP contribution in [0.25, 0.3) is 10.8 Å². The maximum atomic E-state index is 5.71. The zero-order chi connectivity index (χ0) is 11.4. The topological polar surface area (TPSA) is 9.23 Å². The van der Waals surface area contributed by atoms with Crippen LogP contribution in [0.1, 0.15) is 20.3 Å². The Labute approximate surface area is 97.1 Å². The molecular formula is C15H17O. The Morgan fingerprint density at radius 3 is 2.88 bits per heavy atom. The monoisotopic (exact) mass is 213 g/mol. The summed E-state index contributed by atoms with van der Waals surface area (Å²) in [4.78, 5) is 0. The van der Waals surface area contributed by atoms with Gasteiger partial charge in [0.1, 0.15) is 5.75 Å². The van der Waals surface area contributed by atoms with Gasteiger partial charge < -0.3 is 4.74 Å². The van der Waals surface area contributed by atoms with Gasteiger partial charge in [-0.25, -0.2) is 0 Å². The lowest BCUT2D eigenvalue weighted by molar-refractivity contribution is 0.290. The zero-order valence-corrected chi connectivity index (χ0v) is 9.86. The third-order valence-electron chi connectivity index (χ3n) is 2.62. The lowest BCUT2D eigenvalue weighted by Crippen LogP contribution is -2.01. The highest BCUT2D eigenvalue weighted by Crippen LogP contribution is 2.20. The molecule has 0 spiro atoms. The van der Waals surface area contributed by atoms with Crippen molar-refractivity contribution >= 4 is 10.8 Å². The van der Waals surface area contributed by atoms with Crippen LogP contribution in [0.2, 0.25) is 0 Å². The first-order valence-corrected chi connectivity index (χ1v) is 5.78. The molecule has 0 saturated carbocycles.